The van der Waals surface area contributed by atoms with E-state index >= 15 is 0 Å². The molecule has 0 aromatic heterocycles. The molecule has 1 unspecified atom stereocenters. The molecule has 66 valence electrons. The molecule has 0 aliphatic carbocycles. The largest absolute Gasteiger partial charge is 0.336 e. The van der Waals surface area contributed by atoms with Gasteiger partial charge in [-0.3, -0.25) is 0 Å². The van der Waals surface area contributed by atoms with Crippen LogP contribution in [-0.2, 0) is 0 Å². The normalized spacial score (nSPS) is 18.7. The fourth-order valence-corrected chi connectivity index (χ4v) is 1.42. The van der Waals surface area contributed by atoms with Gasteiger partial charge in [-0.05, 0) is 6.42 Å². The third-order valence-electron chi connectivity index (χ3n) is 2.13. The molecule has 1 saturated heterocycles. The zero-order chi connectivity index (χ0) is 8.97. The van der Waals surface area contributed by atoms with Crippen LogP contribution in [0, 0.1) is 11.3 Å². The summed E-state index contributed by atoms with van der Waals surface area (Å²) < 4.78 is 0. The second kappa shape index (κ2) is 3.96. The molecule has 4 heteroatoms. The van der Waals surface area contributed by atoms with Gasteiger partial charge in [0.15, 0.2) is 0 Å². The first-order valence-corrected chi connectivity index (χ1v) is 4.21. The number of urea groups is 1. The Morgan fingerprint density at radius 3 is 3.00 bits per heavy atom. The van der Waals surface area contributed by atoms with Crippen LogP contribution in [0.4, 0.5) is 4.79 Å². The lowest BCUT2D eigenvalue weighted by Gasteiger charge is -2.22. The number of hydrogen-bond donors (Lipinski definition) is 1. The van der Waals surface area contributed by atoms with Crippen LogP contribution in [0.2, 0.25) is 0 Å². The SMILES string of the molecule is CCC(CC#N)N1CCNC1=O. The quantitative estimate of drug-likeness (QED) is 0.672. The molecule has 2 amide bonds. The van der Waals surface area contributed by atoms with E-state index in [2.05, 4.69) is 11.4 Å². The minimum atomic E-state index is -0.0305. The van der Waals surface area contributed by atoms with E-state index in [-0.39, 0.29) is 12.1 Å². The van der Waals surface area contributed by atoms with Crippen molar-refractivity contribution in [3.63, 3.8) is 0 Å². The molecule has 1 N–H and O–H groups in total. The molecule has 1 aliphatic heterocycles. The van der Waals surface area contributed by atoms with Gasteiger partial charge in [-0.15, -0.1) is 0 Å². The van der Waals surface area contributed by atoms with Gasteiger partial charge < -0.3 is 10.2 Å². The maximum atomic E-state index is 11.2. The number of nitrogens with zero attached hydrogens (tertiary/aromatic N) is 2. The summed E-state index contributed by atoms with van der Waals surface area (Å²) >= 11 is 0. The number of rotatable bonds is 3. The van der Waals surface area contributed by atoms with Crippen LogP contribution >= 0.6 is 0 Å². The zero-order valence-corrected chi connectivity index (χ0v) is 7.21. The van der Waals surface area contributed by atoms with Crippen LogP contribution in [0.5, 0.6) is 0 Å². The van der Waals surface area contributed by atoms with Crippen molar-refractivity contribution in [2.45, 2.75) is 25.8 Å². The summed E-state index contributed by atoms with van der Waals surface area (Å²) in [7, 11) is 0. The Bertz CT molecular complexity index is 209. The minimum absolute atomic E-state index is 0.0305. The minimum Gasteiger partial charge on any atom is -0.336 e. The van der Waals surface area contributed by atoms with Crippen LogP contribution < -0.4 is 5.32 Å². The van der Waals surface area contributed by atoms with Crippen LogP contribution in [0.25, 0.3) is 0 Å². The number of carbonyl (C=O) groups is 1. The molecule has 0 aromatic carbocycles. The summed E-state index contributed by atoms with van der Waals surface area (Å²) in [5, 5.41) is 11.2. The van der Waals surface area contributed by atoms with Crippen molar-refractivity contribution >= 4 is 6.03 Å². The molecule has 12 heavy (non-hydrogen) atoms. The lowest BCUT2D eigenvalue weighted by molar-refractivity contribution is 0.197. The first-order chi connectivity index (χ1) is 5.79. The van der Waals surface area contributed by atoms with Gasteiger partial charge in [0.1, 0.15) is 0 Å². The van der Waals surface area contributed by atoms with E-state index in [1.807, 2.05) is 6.92 Å². The van der Waals surface area contributed by atoms with Crippen LogP contribution in [0.3, 0.4) is 0 Å². The van der Waals surface area contributed by atoms with Crippen molar-refractivity contribution in [2.24, 2.45) is 0 Å². The maximum absolute atomic E-state index is 11.2. The molecule has 1 rings (SSSR count). The Hall–Kier alpha value is -1.24. The summed E-state index contributed by atoms with van der Waals surface area (Å²) in [6, 6.07) is 2.16. The molecule has 0 aromatic rings. The Morgan fingerprint density at radius 2 is 2.58 bits per heavy atom. The molecule has 0 spiro atoms. The highest BCUT2D eigenvalue weighted by atomic mass is 16.2. The van der Waals surface area contributed by atoms with Gasteiger partial charge in [0.2, 0.25) is 0 Å². The molecule has 1 fully saturated rings. The first-order valence-electron chi connectivity index (χ1n) is 4.21. The topological polar surface area (TPSA) is 56.1 Å². The molecule has 0 saturated carbocycles. The number of hydrogen-bond acceptors (Lipinski definition) is 2. The van der Waals surface area contributed by atoms with Crippen molar-refractivity contribution in [1.82, 2.24) is 10.2 Å². The fraction of sp³-hybridized carbons (Fsp3) is 0.750. The number of nitriles is 1. The number of carbonyl (C=O) groups excluding carboxylic acids is 1. The molecular weight excluding hydrogens is 154 g/mol. The third-order valence-corrected chi connectivity index (χ3v) is 2.13. The number of nitrogens with one attached hydrogen (secondary N) is 1. The van der Waals surface area contributed by atoms with E-state index in [4.69, 9.17) is 5.26 Å². The molecular formula is C8H13N3O. The summed E-state index contributed by atoms with van der Waals surface area (Å²) in [6.07, 6.45) is 1.28. The van der Waals surface area contributed by atoms with Gasteiger partial charge in [-0.2, -0.15) is 5.26 Å². The zero-order valence-electron chi connectivity index (χ0n) is 7.21. The average Bonchev–Trinajstić information content (AvgIpc) is 2.47. The Balaban J connectivity index is 2.53. The summed E-state index contributed by atoms with van der Waals surface area (Å²) in [5.41, 5.74) is 0. The smallest absolute Gasteiger partial charge is 0.317 e. The second-order valence-corrected chi connectivity index (χ2v) is 2.85. The second-order valence-electron chi connectivity index (χ2n) is 2.85. The molecule has 1 heterocycles. The monoisotopic (exact) mass is 167 g/mol. The average molecular weight is 167 g/mol. The standard InChI is InChI=1S/C8H13N3O/c1-2-7(3-4-9)11-6-5-10-8(11)12/h7H,2-3,5-6H2,1H3,(H,10,12). The summed E-state index contributed by atoms with van der Waals surface area (Å²) in [5.74, 6) is 0. The van der Waals surface area contributed by atoms with E-state index < -0.39 is 0 Å². The maximum Gasteiger partial charge on any atom is 0.317 e. The van der Waals surface area contributed by atoms with Gasteiger partial charge >= 0.3 is 6.03 Å². The van der Waals surface area contributed by atoms with Crippen molar-refractivity contribution in [3.8, 4) is 6.07 Å². The van der Waals surface area contributed by atoms with Gasteiger partial charge in [-0.25, -0.2) is 4.79 Å². The molecule has 1 aliphatic rings. The Labute approximate surface area is 72.2 Å². The van der Waals surface area contributed by atoms with E-state index in [1.165, 1.54) is 0 Å². The van der Waals surface area contributed by atoms with Crippen molar-refractivity contribution in [1.29, 1.82) is 5.26 Å². The summed E-state index contributed by atoms with van der Waals surface area (Å²) in [6.45, 7) is 3.44. The lowest BCUT2D eigenvalue weighted by atomic mass is 10.1. The van der Waals surface area contributed by atoms with Crippen molar-refractivity contribution in [3.05, 3.63) is 0 Å². The predicted molar refractivity (Wildman–Crippen MR) is 44.4 cm³/mol. The van der Waals surface area contributed by atoms with Crippen molar-refractivity contribution < 1.29 is 4.79 Å². The van der Waals surface area contributed by atoms with Gasteiger partial charge in [0.05, 0.1) is 12.5 Å². The van der Waals surface area contributed by atoms with Gasteiger partial charge in [0.25, 0.3) is 0 Å². The van der Waals surface area contributed by atoms with Gasteiger partial charge in [-0.1, -0.05) is 6.92 Å². The fourth-order valence-electron chi connectivity index (χ4n) is 1.42. The number of amides is 2. The highest BCUT2D eigenvalue weighted by Crippen LogP contribution is 2.10. The third kappa shape index (κ3) is 1.67. The van der Waals surface area contributed by atoms with Crippen molar-refractivity contribution in [2.75, 3.05) is 13.1 Å². The first kappa shape index (κ1) is 8.85. The van der Waals surface area contributed by atoms with E-state index in [0.29, 0.717) is 13.0 Å². The molecule has 4 nitrogen and oxygen atoms in total. The van der Waals surface area contributed by atoms with Crippen LogP contribution in [0.1, 0.15) is 19.8 Å². The predicted octanol–water partition coefficient (Wildman–Crippen LogP) is 0.704. The van der Waals surface area contributed by atoms with E-state index in [0.717, 1.165) is 13.0 Å². The van der Waals surface area contributed by atoms with Crippen LogP contribution in [-0.4, -0.2) is 30.1 Å². The molecule has 0 radical (unpaired) electrons. The van der Waals surface area contributed by atoms with Gasteiger partial charge in [0, 0.05) is 19.1 Å². The van der Waals surface area contributed by atoms with Crippen LogP contribution in [0.15, 0.2) is 0 Å². The Kier molecular flexibility index (Phi) is 2.92. The van der Waals surface area contributed by atoms with E-state index in [9.17, 15) is 4.79 Å². The summed E-state index contributed by atoms with van der Waals surface area (Å²) in [4.78, 5) is 12.9. The highest BCUT2D eigenvalue weighted by Gasteiger charge is 2.25. The van der Waals surface area contributed by atoms with E-state index in [1.54, 1.807) is 4.90 Å². The highest BCUT2D eigenvalue weighted by molar-refractivity contribution is 5.76. The molecule has 0 bridgehead atoms. The Morgan fingerprint density at radius 1 is 1.83 bits per heavy atom. The molecule has 1 atom stereocenters. The lowest BCUT2D eigenvalue weighted by Crippen LogP contribution is -2.37.